The van der Waals surface area contributed by atoms with E-state index in [2.05, 4.69) is 15.4 Å². The zero-order chi connectivity index (χ0) is 18.8. The van der Waals surface area contributed by atoms with E-state index in [0.717, 1.165) is 16.6 Å². The summed E-state index contributed by atoms with van der Waals surface area (Å²) in [5.74, 6) is -1.31. The number of rotatable bonds is 6. The van der Waals surface area contributed by atoms with Gasteiger partial charge in [0.05, 0.1) is 17.5 Å². The van der Waals surface area contributed by atoms with Gasteiger partial charge in [0.15, 0.2) is 5.65 Å². The maximum Gasteiger partial charge on any atom is 0.305 e. The summed E-state index contributed by atoms with van der Waals surface area (Å²) in [5, 5.41) is 15.0. The normalized spacial score (nSPS) is 12.3. The van der Waals surface area contributed by atoms with Gasteiger partial charge in [0.1, 0.15) is 5.69 Å². The molecule has 27 heavy (non-hydrogen) atoms. The number of imidazole rings is 1. The highest BCUT2D eigenvalue weighted by molar-refractivity contribution is 5.94. The molecule has 0 aliphatic rings. The number of aliphatic carboxylic acids is 1. The lowest BCUT2D eigenvalue weighted by molar-refractivity contribution is -0.137. The van der Waals surface area contributed by atoms with E-state index in [4.69, 9.17) is 0 Å². The molecular formula is C20H18N4O3. The molecule has 2 aromatic carbocycles. The van der Waals surface area contributed by atoms with Crippen molar-refractivity contribution in [2.75, 3.05) is 0 Å². The minimum atomic E-state index is -0.955. The lowest BCUT2D eigenvalue weighted by atomic mass is 10.0. The maximum absolute atomic E-state index is 12.7. The number of hydrogen-bond acceptors (Lipinski definition) is 3. The first-order valence-corrected chi connectivity index (χ1v) is 8.63. The van der Waals surface area contributed by atoms with E-state index in [0.29, 0.717) is 17.8 Å². The molecule has 0 spiro atoms. The van der Waals surface area contributed by atoms with Crippen LogP contribution in [0, 0.1) is 0 Å². The number of carboxylic acid groups (broad SMARTS) is 1. The van der Waals surface area contributed by atoms with Crippen molar-refractivity contribution >= 4 is 28.6 Å². The van der Waals surface area contributed by atoms with Gasteiger partial charge in [-0.1, -0.05) is 42.5 Å². The molecule has 4 rings (SSSR count). The molecule has 136 valence electrons. The van der Waals surface area contributed by atoms with Crippen molar-refractivity contribution in [2.24, 2.45) is 0 Å². The van der Waals surface area contributed by atoms with Gasteiger partial charge in [0.2, 0.25) is 0 Å². The van der Waals surface area contributed by atoms with Gasteiger partial charge in [0, 0.05) is 12.1 Å². The second-order valence-corrected chi connectivity index (χ2v) is 6.42. The fourth-order valence-electron chi connectivity index (χ4n) is 3.20. The lowest BCUT2D eigenvalue weighted by Gasteiger charge is -2.16. The Hall–Kier alpha value is -3.61. The van der Waals surface area contributed by atoms with Crippen LogP contribution in [0.15, 0.2) is 60.7 Å². The number of fused-ring (bicyclic) bond motifs is 3. The van der Waals surface area contributed by atoms with Gasteiger partial charge in [0.25, 0.3) is 5.91 Å². The zero-order valence-corrected chi connectivity index (χ0v) is 14.4. The molecule has 7 heteroatoms. The molecule has 7 nitrogen and oxygen atoms in total. The average molecular weight is 362 g/mol. The first-order valence-electron chi connectivity index (χ1n) is 8.63. The summed E-state index contributed by atoms with van der Waals surface area (Å²) in [6, 6.07) is 18.3. The van der Waals surface area contributed by atoms with E-state index >= 15 is 0 Å². The molecular weight excluding hydrogens is 344 g/mol. The molecule has 0 bridgehead atoms. The summed E-state index contributed by atoms with van der Waals surface area (Å²) >= 11 is 0. The van der Waals surface area contributed by atoms with E-state index < -0.39 is 12.0 Å². The SMILES string of the molecule is O=C(O)C[C@H](Cc1ccccc1)NC(=O)c1cc2nc3ccccc3n2[nH]1. The zero-order valence-electron chi connectivity index (χ0n) is 14.4. The van der Waals surface area contributed by atoms with E-state index in [1.807, 2.05) is 54.6 Å². The van der Waals surface area contributed by atoms with E-state index in [-0.39, 0.29) is 12.3 Å². The number of aromatic amines is 1. The summed E-state index contributed by atoms with van der Waals surface area (Å²) < 4.78 is 1.74. The Balaban J connectivity index is 1.56. The third-order valence-electron chi connectivity index (χ3n) is 4.42. The molecule has 0 aliphatic carbocycles. The summed E-state index contributed by atoms with van der Waals surface area (Å²) in [7, 11) is 0. The highest BCUT2D eigenvalue weighted by atomic mass is 16.4. The van der Waals surface area contributed by atoms with Crippen molar-refractivity contribution in [1.29, 1.82) is 0 Å². The van der Waals surface area contributed by atoms with E-state index in [1.165, 1.54) is 0 Å². The van der Waals surface area contributed by atoms with Crippen LogP contribution < -0.4 is 5.32 Å². The van der Waals surface area contributed by atoms with Crippen molar-refractivity contribution < 1.29 is 14.7 Å². The third kappa shape index (κ3) is 3.52. The number of amides is 1. The van der Waals surface area contributed by atoms with Crippen LogP contribution in [-0.2, 0) is 11.2 Å². The smallest absolute Gasteiger partial charge is 0.305 e. The van der Waals surface area contributed by atoms with Gasteiger partial charge in [-0.2, -0.15) is 0 Å². The number of para-hydroxylation sites is 2. The largest absolute Gasteiger partial charge is 0.481 e. The summed E-state index contributed by atoms with van der Waals surface area (Å²) in [4.78, 5) is 28.3. The first kappa shape index (κ1) is 16.8. The van der Waals surface area contributed by atoms with Crippen LogP contribution in [0.5, 0.6) is 0 Å². The third-order valence-corrected chi connectivity index (χ3v) is 4.42. The van der Waals surface area contributed by atoms with Crippen LogP contribution in [0.2, 0.25) is 0 Å². The number of hydrogen-bond donors (Lipinski definition) is 3. The van der Waals surface area contributed by atoms with Gasteiger partial charge in [-0.05, 0) is 24.1 Å². The molecule has 2 aromatic heterocycles. The highest BCUT2D eigenvalue weighted by Crippen LogP contribution is 2.17. The molecule has 0 fully saturated rings. The molecule has 4 aromatic rings. The quantitative estimate of drug-likeness (QED) is 0.491. The second-order valence-electron chi connectivity index (χ2n) is 6.42. The second kappa shape index (κ2) is 6.95. The Kier molecular flexibility index (Phi) is 4.33. The number of nitrogens with zero attached hydrogens (tertiary/aromatic N) is 2. The Labute approximate surface area is 154 Å². The lowest BCUT2D eigenvalue weighted by Crippen LogP contribution is -2.38. The summed E-state index contributed by atoms with van der Waals surface area (Å²) in [5.41, 5.74) is 3.66. The van der Waals surface area contributed by atoms with Crippen molar-refractivity contribution in [3.8, 4) is 0 Å². The number of carbonyl (C=O) groups excluding carboxylic acids is 1. The standard InChI is InChI=1S/C20H18N4O3/c25-19(26)11-14(10-13-6-2-1-3-7-13)21-20(27)16-12-18-22-15-8-4-5-9-17(15)24(18)23-16/h1-9,12,14,23H,10-11H2,(H,21,27)(H,25,26)/t14-/m0/s1. The monoisotopic (exact) mass is 362 g/mol. The van der Waals surface area contributed by atoms with Crippen molar-refractivity contribution in [3.63, 3.8) is 0 Å². The van der Waals surface area contributed by atoms with Gasteiger partial charge in [-0.3, -0.25) is 14.7 Å². The molecule has 0 aliphatic heterocycles. The molecule has 1 amide bonds. The highest BCUT2D eigenvalue weighted by Gasteiger charge is 2.19. The molecule has 0 radical (unpaired) electrons. The Morgan fingerprint density at radius 3 is 2.63 bits per heavy atom. The van der Waals surface area contributed by atoms with Gasteiger partial charge >= 0.3 is 5.97 Å². The molecule has 0 unspecified atom stereocenters. The number of aromatic nitrogens is 3. The van der Waals surface area contributed by atoms with Gasteiger partial charge in [-0.15, -0.1) is 0 Å². The topological polar surface area (TPSA) is 99.5 Å². The van der Waals surface area contributed by atoms with E-state index in [1.54, 1.807) is 10.6 Å². The average Bonchev–Trinajstić information content (AvgIpc) is 3.20. The van der Waals surface area contributed by atoms with Crippen LogP contribution in [0.3, 0.4) is 0 Å². The number of carboxylic acids is 1. The van der Waals surface area contributed by atoms with Crippen molar-refractivity contribution in [2.45, 2.75) is 18.9 Å². The summed E-state index contributed by atoms with van der Waals surface area (Å²) in [6.07, 6.45) is 0.293. The van der Waals surface area contributed by atoms with Crippen molar-refractivity contribution in [1.82, 2.24) is 19.9 Å². The number of benzene rings is 2. The molecule has 0 saturated heterocycles. The van der Waals surface area contributed by atoms with Crippen LogP contribution in [0.4, 0.5) is 0 Å². The molecule has 1 atom stereocenters. The number of H-pyrrole nitrogens is 1. The van der Waals surface area contributed by atoms with Crippen LogP contribution in [-0.4, -0.2) is 37.6 Å². The predicted octanol–water partition coefficient (Wildman–Crippen LogP) is 2.63. The van der Waals surface area contributed by atoms with Crippen molar-refractivity contribution in [3.05, 3.63) is 71.9 Å². The van der Waals surface area contributed by atoms with Crippen LogP contribution >= 0.6 is 0 Å². The van der Waals surface area contributed by atoms with Gasteiger partial charge in [-0.25, -0.2) is 9.50 Å². The molecule has 3 N–H and O–H groups in total. The molecule has 2 heterocycles. The Morgan fingerprint density at radius 1 is 1.11 bits per heavy atom. The number of nitrogens with one attached hydrogen (secondary N) is 2. The predicted molar refractivity (Wildman–Crippen MR) is 101 cm³/mol. The first-order chi connectivity index (χ1) is 13.1. The van der Waals surface area contributed by atoms with Crippen LogP contribution in [0.25, 0.3) is 16.7 Å². The minimum Gasteiger partial charge on any atom is -0.481 e. The van der Waals surface area contributed by atoms with Gasteiger partial charge < -0.3 is 10.4 Å². The summed E-state index contributed by atoms with van der Waals surface area (Å²) in [6.45, 7) is 0. The number of carbonyl (C=O) groups is 2. The van der Waals surface area contributed by atoms with Crippen LogP contribution in [0.1, 0.15) is 22.5 Å². The molecule has 0 saturated carbocycles. The fraction of sp³-hybridized carbons (Fsp3) is 0.150. The minimum absolute atomic E-state index is 0.151. The Bertz CT molecular complexity index is 1110. The fourth-order valence-corrected chi connectivity index (χ4v) is 3.20. The Morgan fingerprint density at radius 2 is 1.85 bits per heavy atom. The maximum atomic E-state index is 12.7. The van der Waals surface area contributed by atoms with E-state index in [9.17, 15) is 14.7 Å².